The number of fused-ring (bicyclic) bond motifs is 1. The number of benzene rings is 1. The highest BCUT2D eigenvalue weighted by Gasteiger charge is 2.15. The molecule has 98 valence electrons. The second-order valence-electron chi connectivity index (χ2n) is 5.25. The molecule has 0 radical (unpaired) electrons. The molecule has 2 unspecified atom stereocenters. The van der Waals surface area contributed by atoms with Gasteiger partial charge in [0.1, 0.15) is 0 Å². The average molecular weight is 246 g/mol. The maximum atomic E-state index is 11.1. The maximum absolute atomic E-state index is 11.1. The third-order valence-electron chi connectivity index (χ3n) is 3.80. The molecule has 0 spiro atoms. The molecular formula is C15H22N2O. The van der Waals surface area contributed by atoms with Gasteiger partial charge in [-0.3, -0.25) is 10.1 Å². The molecule has 0 fully saturated rings. The van der Waals surface area contributed by atoms with Crippen LogP contribution in [0, 0.1) is 0 Å². The van der Waals surface area contributed by atoms with Gasteiger partial charge in [0.15, 0.2) is 0 Å². The number of hydrogen-bond acceptors (Lipinski definition) is 2. The summed E-state index contributed by atoms with van der Waals surface area (Å²) in [6.45, 7) is 3.88. The highest BCUT2D eigenvalue weighted by molar-refractivity contribution is 5.79. The molecule has 2 atom stereocenters. The topological polar surface area (TPSA) is 55.1 Å². The fourth-order valence-corrected chi connectivity index (χ4v) is 2.58. The van der Waals surface area contributed by atoms with E-state index in [0.717, 1.165) is 0 Å². The molecule has 1 amide bonds. The van der Waals surface area contributed by atoms with E-state index in [4.69, 9.17) is 5.73 Å². The van der Waals surface area contributed by atoms with Crippen LogP contribution < -0.4 is 11.1 Å². The van der Waals surface area contributed by atoms with Crippen molar-refractivity contribution in [3.8, 4) is 0 Å². The lowest BCUT2D eigenvalue weighted by Gasteiger charge is -2.21. The summed E-state index contributed by atoms with van der Waals surface area (Å²) < 4.78 is 0. The normalized spacial score (nSPS) is 17.9. The van der Waals surface area contributed by atoms with Gasteiger partial charge in [0.05, 0.1) is 6.04 Å². The summed E-state index contributed by atoms with van der Waals surface area (Å²) in [6, 6.07) is 6.53. The lowest BCUT2D eigenvalue weighted by Crippen LogP contribution is -2.40. The van der Waals surface area contributed by atoms with Crippen molar-refractivity contribution in [2.24, 2.45) is 5.73 Å². The summed E-state index contributed by atoms with van der Waals surface area (Å²) >= 11 is 0. The molecule has 1 aromatic carbocycles. The third kappa shape index (κ3) is 2.91. The molecule has 0 aliphatic heterocycles. The van der Waals surface area contributed by atoms with Crippen LogP contribution in [0.5, 0.6) is 0 Å². The van der Waals surface area contributed by atoms with E-state index in [2.05, 4.69) is 30.4 Å². The lowest BCUT2D eigenvalue weighted by atomic mass is 9.89. The number of rotatable bonds is 4. The number of primary amides is 1. The van der Waals surface area contributed by atoms with Crippen molar-refractivity contribution in [1.29, 1.82) is 0 Å². The van der Waals surface area contributed by atoms with Crippen molar-refractivity contribution < 1.29 is 4.79 Å². The summed E-state index contributed by atoms with van der Waals surface area (Å²) in [7, 11) is 0. The van der Waals surface area contributed by atoms with Gasteiger partial charge < -0.3 is 5.73 Å². The Kier molecular flexibility index (Phi) is 4.02. The van der Waals surface area contributed by atoms with Crippen LogP contribution in [-0.2, 0) is 17.6 Å². The van der Waals surface area contributed by atoms with Crippen LogP contribution in [0.3, 0.4) is 0 Å². The van der Waals surface area contributed by atoms with E-state index < -0.39 is 0 Å². The molecule has 0 aromatic heterocycles. The molecular weight excluding hydrogens is 224 g/mol. The molecule has 2 rings (SSSR count). The van der Waals surface area contributed by atoms with E-state index in [9.17, 15) is 4.79 Å². The van der Waals surface area contributed by atoms with Crippen LogP contribution in [-0.4, -0.2) is 11.9 Å². The first-order valence-electron chi connectivity index (χ1n) is 6.75. The Bertz CT molecular complexity index is 442. The van der Waals surface area contributed by atoms with Crippen LogP contribution >= 0.6 is 0 Å². The van der Waals surface area contributed by atoms with Crippen molar-refractivity contribution in [1.82, 2.24) is 5.32 Å². The molecule has 0 saturated carbocycles. The van der Waals surface area contributed by atoms with E-state index in [-0.39, 0.29) is 18.0 Å². The number of nitrogens with two attached hydrogens (primary N) is 1. The van der Waals surface area contributed by atoms with E-state index in [1.165, 1.54) is 42.4 Å². The number of carbonyl (C=O) groups is 1. The van der Waals surface area contributed by atoms with Crippen LogP contribution in [0.2, 0.25) is 0 Å². The van der Waals surface area contributed by atoms with Gasteiger partial charge in [-0.15, -0.1) is 0 Å². The number of carbonyl (C=O) groups excluding carboxylic acids is 1. The molecule has 3 N–H and O–H groups in total. The Hall–Kier alpha value is -1.35. The van der Waals surface area contributed by atoms with Crippen LogP contribution in [0.15, 0.2) is 18.2 Å². The minimum Gasteiger partial charge on any atom is -0.368 e. The fourth-order valence-electron chi connectivity index (χ4n) is 2.58. The predicted molar refractivity (Wildman–Crippen MR) is 73.3 cm³/mol. The Morgan fingerprint density at radius 3 is 2.56 bits per heavy atom. The molecule has 0 saturated heterocycles. The van der Waals surface area contributed by atoms with Crippen molar-refractivity contribution in [2.45, 2.75) is 51.6 Å². The molecule has 18 heavy (non-hydrogen) atoms. The van der Waals surface area contributed by atoms with Gasteiger partial charge in [-0.25, -0.2) is 0 Å². The van der Waals surface area contributed by atoms with Gasteiger partial charge in [0, 0.05) is 6.04 Å². The number of hydrogen-bond donors (Lipinski definition) is 2. The molecule has 3 nitrogen and oxygen atoms in total. The van der Waals surface area contributed by atoms with Gasteiger partial charge in [0.25, 0.3) is 0 Å². The van der Waals surface area contributed by atoms with Gasteiger partial charge in [-0.1, -0.05) is 18.2 Å². The first-order chi connectivity index (χ1) is 8.58. The quantitative estimate of drug-likeness (QED) is 0.854. The summed E-state index contributed by atoms with van der Waals surface area (Å²) in [5.41, 5.74) is 9.47. The summed E-state index contributed by atoms with van der Waals surface area (Å²) in [5, 5.41) is 3.23. The molecule has 1 aliphatic rings. The summed E-state index contributed by atoms with van der Waals surface area (Å²) in [5.74, 6) is -0.306. The molecule has 0 bridgehead atoms. The average Bonchev–Trinajstić information content (AvgIpc) is 2.37. The number of nitrogens with one attached hydrogen (secondary N) is 1. The monoisotopic (exact) mass is 246 g/mol. The molecule has 0 heterocycles. The molecule has 1 aliphatic carbocycles. The fraction of sp³-hybridized carbons (Fsp3) is 0.533. The number of amides is 1. The van der Waals surface area contributed by atoms with Gasteiger partial charge in [-0.05, 0) is 56.2 Å². The standard InChI is InChI=1S/C15H22N2O/c1-10(17-11(2)15(16)18)13-8-7-12-5-3-4-6-14(12)9-13/h7-11,17H,3-6H2,1-2H3,(H2,16,18). The van der Waals surface area contributed by atoms with Crippen LogP contribution in [0.1, 0.15) is 49.4 Å². The van der Waals surface area contributed by atoms with Crippen molar-refractivity contribution in [2.75, 3.05) is 0 Å². The zero-order chi connectivity index (χ0) is 13.1. The summed E-state index contributed by atoms with van der Waals surface area (Å²) in [6.07, 6.45) is 4.98. The van der Waals surface area contributed by atoms with E-state index >= 15 is 0 Å². The maximum Gasteiger partial charge on any atom is 0.234 e. The second-order valence-corrected chi connectivity index (χ2v) is 5.25. The van der Waals surface area contributed by atoms with Crippen molar-refractivity contribution in [3.05, 3.63) is 34.9 Å². The van der Waals surface area contributed by atoms with Crippen molar-refractivity contribution in [3.63, 3.8) is 0 Å². The largest absolute Gasteiger partial charge is 0.368 e. The van der Waals surface area contributed by atoms with Gasteiger partial charge in [0.2, 0.25) is 5.91 Å². The summed E-state index contributed by atoms with van der Waals surface area (Å²) in [4.78, 5) is 11.1. The minimum absolute atomic E-state index is 0.153. The molecule has 1 aromatic rings. The first kappa shape index (κ1) is 13.1. The Morgan fingerprint density at radius 1 is 1.22 bits per heavy atom. The predicted octanol–water partition coefficient (Wildman–Crippen LogP) is 2.09. The van der Waals surface area contributed by atoms with Gasteiger partial charge >= 0.3 is 0 Å². The zero-order valence-corrected chi connectivity index (χ0v) is 11.2. The smallest absolute Gasteiger partial charge is 0.234 e. The van der Waals surface area contributed by atoms with Crippen LogP contribution in [0.25, 0.3) is 0 Å². The SMILES string of the molecule is CC(NC(C)c1ccc2c(c1)CCCC2)C(N)=O. The zero-order valence-electron chi connectivity index (χ0n) is 11.2. The van der Waals surface area contributed by atoms with E-state index in [0.29, 0.717) is 0 Å². The number of aryl methyl sites for hydroxylation is 2. The Balaban J connectivity index is 2.11. The minimum atomic E-state index is -0.306. The van der Waals surface area contributed by atoms with E-state index in [1.807, 2.05) is 0 Å². The van der Waals surface area contributed by atoms with Gasteiger partial charge in [-0.2, -0.15) is 0 Å². The molecule has 3 heteroatoms. The van der Waals surface area contributed by atoms with Crippen LogP contribution in [0.4, 0.5) is 0 Å². The highest BCUT2D eigenvalue weighted by Crippen LogP contribution is 2.24. The van der Waals surface area contributed by atoms with E-state index in [1.54, 1.807) is 6.92 Å². The third-order valence-corrected chi connectivity index (χ3v) is 3.80. The van der Waals surface area contributed by atoms with Crippen molar-refractivity contribution >= 4 is 5.91 Å². The Morgan fingerprint density at radius 2 is 1.89 bits per heavy atom. The second kappa shape index (κ2) is 5.53. The Labute approximate surface area is 109 Å². The first-order valence-corrected chi connectivity index (χ1v) is 6.75. The highest BCUT2D eigenvalue weighted by atomic mass is 16.1. The lowest BCUT2D eigenvalue weighted by molar-refractivity contribution is -0.119.